The van der Waals surface area contributed by atoms with Gasteiger partial charge in [0.15, 0.2) is 0 Å². The lowest BCUT2D eigenvalue weighted by molar-refractivity contribution is -0.124. The first-order valence-electron chi connectivity index (χ1n) is 6.78. The lowest BCUT2D eigenvalue weighted by Gasteiger charge is -2.38. The molecule has 2 fully saturated rings. The Morgan fingerprint density at radius 2 is 2.10 bits per heavy atom. The second kappa shape index (κ2) is 3.73. The molecule has 3 amide bonds. The van der Waals surface area contributed by atoms with Gasteiger partial charge >= 0.3 is 6.03 Å². The van der Waals surface area contributed by atoms with Crippen molar-refractivity contribution in [2.75, 3.05) is 18.0 Å². The maximum atomic E-state index is 12.1. The third-order valence-corrected chi connectivity index (χ3v) is 4.49. The Labute approximate surface area is 115 Å². The van der Waals surface area contributed by atoms with E-state index in [2.05, 4.69) is 21.6 Å². The van der Waals surface area contributed by atoms with Crippen molar-refractivity contribution in [1.29, 1.82) is 0 Å². The molecule has 1 aliphatic carbocycles. The van der Waals surface area contributed by atoms with Crippen LogP contribution in [0.5, 0.6) is 0 Å². The van der Waals surface area contributed by atoms with Crippen LogP contribution in [0, 0.1) is 0 Å². The lowest BCUT2D eigenvalue weighted by atomic mass is 9.92. The summed E-state index contributed by atoms with van der Waals surface area (Å²) >= 11 is 0. The molecule has 6 heteroatoms. The number of imide groups is 1. The highest BCUT2D eigenvalue weighted by molar-refractivity contribution is 6.08. The number of rotatable bonds is 1. The molecule has 104 valence electrons. The summed E-state index contributed by atoms with van der Waals surface area (Å²) in [6.07, 6.45) is 1.13. The van der Waals surface area contributed by atoms with Crippen molar-refractivity contribution < 1.29 is 14.7 Å². The number of amides is 3. The second-order valence-electron chi connectivity index (χ2n) is 5.71. The molecule has 1 aromatic carbocycles. The summed E-state index contributed by atoms with van der Waals surface area (Å²) in [6, 6.07) is 5.52. The molecule has 1 spiro atoms. The number of carbonyl (C=O) groups excluding carboxylic acids is 2. The largest absolute Gasteiger partial charge is 0.389 e. The van der Waals surface area contributed by atoms with Crippen LogP contribution < -0.4 is 15.5 Å². The van der Waals surface area contributed by atoms with Crippen LogP contribution in [0.3, 0.4) is 0 Å². The van der Waals surface area contributed by atoms with Gasteiger partial charge in [-0.05, 0) is 36.1 Å². The Kier molecular flexibility index (Phi) is 2.18. The number of hydrogen-bond donors (Lipinski definition) is 3. The van der Waals surface area contributed by atoms with Gasteiger partial charge in [0.2, 0.25) is 0 Å². The first-order chi connectivity index (χ1) is 9.58. The maximum absolute atomic E-state index is 12.1. The van der Waals surface area contributed by atoms with Gasteiger partial charge in [-0.15, -0.1) is 0 Å². The second-order valence-corrected chi connectivity index (χ2v) is 5.71. The fourth-order valence-corrected chi connectivity index (χ4v) is 3.38. The molecule has 0 aromatic heterocycles. The topological polar surface area (TPSA) is 81.7 Å². The fraction of sp³-hybridized carbons (Fsp3) is 0.429. The predicted octanol–water partition coefficient (Wildman–Crippen LogP) is -0.152. The average molecular weight is 273 g/mol. The van der Waals surface area contributed by atoms with Crippen molar-refractivity contribution in [2.45, 2.75) is 24.5 Å². The molecule has 0 bridgehead atoms. The fourth-order valence-electron chi connectivity index (χ4n) is 3.38. The zero-order chi connectivity index (χ0) is 13.9. The number of urea groups is 1. The zero-order valence-electron chi connectivity index (χ0n) is 10.8. The number of aliphatic hydroxyl groups is 1. The molecule has 4 rings (SSSR count). The van der Waals surface area contributed by atoms with Gasteiger partial charge in [-0.2, -0.15) is 0 Å². The van der Waals surface area contributed by atoms with Gasteiger partial charge in [-0.3, -0.25) is 10.1 Å². The number of fused-ring (bicyclic) bond motifs is 2. The molecule has 2 heterocycles. The predicted molar refractivity (Wildman–Crippen MR) is 71.3 cm³/mol. The Hall–Kier alpha value is -2.08. The number of nitrogens with zero attached hydrogens (tertiary/aromatic N) is 1. The molecular formula is C14H15N3O3. The molecule has 6 nitrogen and oxygen atoms in total. The van der Waals surface area contributed by atoms with Gasteiger partial charge in [0.25, 0.3) is 5.91 Å². The monoisotopic (exact) mass is 273 g/mol. The van der Waals surface area contributed by atoms with Crippen molar-refractivity contribution >= 4 is 17.6 Å². The van der Waals surface area contributed by atoms with Crippen molar-refractivity contribution in [3.63, 3.8) is 0 Å². The summed E-state index contributed by atoms with van der Waals surface area (Å²) < 4.78 is 0. The Morgan fingerprint density at radius 1 is 1.30 bits per heavy atom. The van der Waals surface area contributed by atoms with Crippen LogP contribution in [0.15, 0.2) is 18.2 Å². The quantitative estimate of drug-likeness (QED) is 0.621. The molecule has 2 saturated heterocycles. The van der Waals surface area contributed by atoms with E-state index in [1.54, 1.807) is 0 Å². The van der Waals surface area contributed by atoms with Crippen LogP contribution in [0.25, 0.3) is 0 Å². The van der Waals surface area contributed by atoms with E-state index in [1.807, 2.05) is 12.1 Å². The number of benzene rings is 1. The van der Waals surface area contributed by atoms with Crippen molar-refractivity contribution in [3.8, 4) is 0 Å². The van der Waals surface area contributed by atoms with Crippen LogP contribution in [0.4, 0.5) is 10.5 Å². The summed E-state index contributed by atoms with van der Waals surface area (Å²) in [5.74, 6) is -0.256. The van der Waals surface area contributed by atoms with E-state index in [1.165, 1.54) is 0 Å². The van der Waals surface area contributed by atoms with Gasteiger partial charge in [0.1, 0.15) is 5.54 Å². The number of nitrogens with one attached hydrogen (secondary N) is 2. The third-order valence-electron chi connectivity index (χ3n) is 4.49. The third kappa shape index (κ3) is 1.42. The molecular weight excluding hydrogens is 258 g/mol. The van der Waals surface area contributed by atoms with Gasteiger partial charge < -0.3 is 15.3 Å². The Bertz CT molecular complexity index is 624. The molecule has 1 unspecified atom stereocenters. The highest BCUT2D eigenvalue weighted by Crippen LogP contribution is 2.40. The minimum Gasteiger partial charge on any atom is -0.389 e. The summed E-state index contributed by atoms with van der Waals surface area (Å²) in [5, 5.41) is 14.5. The van der Waals surface area contributed by atoms with E-state index >= 15 is 0 Å². The van der Waals surface area contributed by atoms with E-state index in [-0.39, 0.29) is 12.0 Å². The number of aliphatic hydroxyl groups excluding tert-OH is 1. The lowest BCUT2D eigenvalue weighted by Crippen LogP contribution is -2.50. The van der Waals surface area contributed by atoms with Crippen molar-refractivity contribution in [2.24, 2.45) is 0 Å². The Morgan fingerprint density at radius 3 is 2.75 bits per heavy atom. The first-order valence-corrected chi connectivity index (χ1v) is 6.78. The molecule has 1 atom stereocenters. The first kappa shape index (κ1) is 11.7. The average Bonchev–Trinajstić information content (AvgIpc) is 2.88. The van der Waals surface area contributed by atoms with Crippen LogP contribution in [0.2, 0.25) is 0 Å². The minimum atomic E-state index is -0.876. The molecule has 3 aliphatic rings. The van der Waals surface area contributed by atoms with Gasteiger partial charge in [0.05, 0.1) is 6.10 Å². The van der Waals surface area contributed by atoms with E-state index < -0.39 is 11.6 Å². The molecule has 2 aliphatic heterocycles. The molecule has 3 N–H and O–H groups in total. The van der Waals surface area contributed by atoms with Crippen LogP contribution in [-0.2, 0) is 16.8 Å². The molecule has 0 radical (unpaired) electrons. The van der Waals surface area contributed by atoms with Gasteiger partial charge in [0, 0.05) is 18.8 Å². The van der Waals surface area contributed by atoms with Gasteiger partial charge in [-0.1, -0.05) is 6.07 Å². The number of aryl methyl sites for hydroxylation is 1. The van der Waals surface area contributed by atoms with Crippen molar-refractivity contribution in [3.05, 3.63) is 29.3 Å². The number of anilines is 1. The van der Waals surface area contributed by atoms with E-state index in [4.69, 9.17) is 0 Å². The molecule has 20 heavy (non-hydrogen) atoms. The van der Waals surface area contributed by atoms with E-state index in [9.17, 15) is 14.7 Å². The highest BCUT2D eigenvalue weighted by Gasteiger charge is 2.51. The normalized spacial score (nSPS) is 28.4. The molecule has 1 aromatic rings. The number of β-amino-alcohol motifs (C(OH)–C–C–N with tert-alkyl or cyclic N) is 1. The van der Waals surface area contributed by atoms with E-state index in [0.717, 1.165) is 23.2 Å². The zero-order valence-corrected chi connectivity index (χ0v) is 10.8. The summed E-state index contributed by atoms with van der Waals surface area (Å²) in [6.45, 7) is 1.31. The Balaban J connectivity index is 1.70. The van der Waals surface area contributed by atoms with Crippen LogP contribution in [-0.4, -0.2) is 36.2 Å². The number of hydrogen-bond acceptors (Lipinski definition) is 4. The SMILES string of the molecule is O=C1NC(=O)C2(CCc3cc(N4CC(O)C4)ccc32)N1. The van der Waals surface area contributed by atoms with Crippen molar-refractivity contribution in [1.82, 2.24) is 10.6 Å². The maximum Gasteiger partial charge on any atom is 0.322 e. The van der Waals surface area contributed by atoms with E-state index in [0.29, 0.717) is 19.5 Å². The summed E-state index contributed by atoms with van der Waals surface area (Å²) in [4.78, 5) is 25.6. The highest BCUT2D eigenvalue weighted by atomic mass is 16.3. The standard InChI is InChI=1S/C14H15N3O3/c18-10-6-17(7-10)9-1-2-11-8(5-9)3-4-14(11)12(19)15-13(20)16-14/h1-2,5,10,18H,3-4,6-7H2,(H2,15,16,19,20). The summed E-state index contributed by atoms with van der Waals surface area (Å²) in [7, 11) is 0. The molecule has 0 saturated carbocycles. The minimum absolute atomic E-state index is 0.241. The van der Waals surface area contributed by atoms with Gasteiger partial charge in [-0.25, -0.2) is 4.79 Å². The van der Waals surface area contributed by atoms with Crippen LogP contribution >= 0.6 is 0 Å². The number of carbonyl (C=O) groups is 2. The smallest absolute Gasteiger partial charge is 0.322 e. The summed E-state index contributed by atoms with van der Waals surface area (Å²) in [5.41, 5.74) is 2.18. The van der Waals surface area contributed by atoms with Crippen LogP contribution in [0.1, 0.15) is 17.5 Å².